The third-order valence-corrected chi connectivity index (χ3v) is 4.53. The Morgan fingerprint density at radius 3 is 2.68 bits per heavy atom. The van der Waals surface area contributed by atoms with Crippen LogP contribution >= 0.6 is 0 Å². The molecule has 0 bridgehead atoms. The highest BCUT2D eigenvalue weighted by Gasteiger charge is 2.13. The molecule has 1 unspecified atom stereocenters. The average molecular weight is 328 g/mol. The van der Waals surface area contributed by atoms with Gasteiger partial charge in [-0.25, -0.2) is 0 Å². The molecule has 1 N–H and O–H groups in total. The Balaban J connectivity index is 1.77. The van der Waals surface area contributed by atoms with Gasteiger partial charge in [0.15, 0.2) is 0 Å². The van der Waals surface area contributed by atoms with Gasteiger partial charge in [-0.2, -0.15) is 5.26 Å². The number of fused-ring (bicyclic) bond motifs is 1. The number of benzene rings is 3. The quantitative estimate of drug-likeness (QED) is 0.763. The summed E-state index contributed by atoms with van der Waals surface area (Å²) in [4.78, 5) is 12.5. The van der Waals surface area contributed by atoms with Crippen LogP contribution in [0.5, 0.6) is 0 Å². The van der Waals surface area contributed by atoms with Gasteiger partial charge in [0.05, 0.1) is 11.6 Å². The molecule has 1 amide bonds. The van der Waals surface area contributed by atoms with E-state index >= 15 is 0 Å². The predicted octanol–water partition coefficient (Wildman–Crippen LogP) is 4.55. The largest absolute Gasteiger partial charge is 0.351 e. The SMILES string of the molecule is Cc1ccc(C#N)cc1C(=O)NCC(C)c1cccc2ccccc12. The molecule has 3 heteroatoms. The van der Waals surface area contributed by atoms with Crippen molar-refractivity contribution in [1.82, 2.24) is 5.32 Å². The smallest absolute Gasteiger partial charge is 0.251 e. The molecule has 3 rings (SSSR count). The fourth-order valence-electron chi connectivity index (χ4n) is 3.07. The standard InChI is InChI=1S/C22H20N2O/c1-15-10-11-17(13-23)12-21(15)22(25)24-14-16(2)19-9-5-7-18-6-3-4-8-20(18)19/h3-12,16H,14H2,1-2H3,(H,24,25). The summed E-state index contributed by atoms with van der Waals surface area (Å²) in [6.07, 6.45) is 0. The van der Waals surface area contributed by atoms with E-state index < -0.39 is 0 Å². The summed E-state index contributed by atoms with van der Waals surface area (Å²) in [5.74, 6) is 0.0520. The van der Waals surface area contributed by atoms with Crippen LogP contribution in [0.3, 0.4) is 0 Å². The summed E-state index contributed by atoms with van der Waals surface area (Å²) in [6, 6.07) is 21.8. The maximum atomic E-state index is 12.5. The first-order valence-corrected chi connectivity index (χ1v) is 8.36. The van der Waals surface area contributed by atoms with Gasteiger partial charge in [0.1, 0.15) is 0 Å². The number of hydrogen-bond donors (Lipinski definition) is 1. The van der Waals surface area contributed by atoms with Gasteiger partial charge in [-0.3, -0.25) is 4.79 Å². The summed E-state index contributed by atoms with van der Waals surface area (Å²) < 4.78 is 0. The summed E-state index contributed by atoms with van der Waals surface area (Å²) in [5.41, 5.74) is 3.15. The highest BCUT2D eigenvalue weighted by molar-refractivity contribution is 5.96. The molecule has 0 spiro atoms. The molecule has 0 aliphatic heterocycles. The van der Waals surface area contributed by atoms with Gasteiger partial charge in [0, 0.05) is 12.1 Å². The van der Waals surface area contributed by atoms with E-state index in [1.807, 2.05) is 25.1 Å². The second-order valence-corrected chi connectivity index (χ2v) is 6.32. The molecule has 3 aromatic rings. The Bertz CT molecular complexity index is 964. The lowest BCUT2D eigenvalue weighted by atomic mass is 9.94. The summed E-state index contributed by atoms with van der Waals surface area (Å²) in [6.45, 7) is 4.54. The van der Waals surface area contributed by atoms with Gasteiger partial charge >= 0.3 is 0 Å². The number of nitrogens with one attached hydrogen (secondary N) is 1. The highest BCUT2D eigenvalue weighted by atomic mass is 16.1. The summed E-state index contributed by atoms with van der Waals surface area (Å²) in [5, 5.41) is 14.4. The zero-order valence-electron chi connectivity index (χ0n) is 14.4. The molecular weight excluding hydrogens is 308 g/mol. The summed E-state index contributed by atoms with van der Waals surface area (Å²) >= 11 is 0. The maximum absolute atomic E-state index is 12.5. The monoisotopic (exact) mass is 328 g/mol. The van der Waals surface area contributed by atoms with Crippen LogP contribution in [0.15, 0.2) is 60.7 Å². The highest BCUT2D eigenvalue weighted by Crippen LogP contribution is 2.25. The Hall–Kier alpha value is -3.12. The topological polar surface area (TPSA) is 52.9 Å². The number of nitrogens with zero attached hydrogens (tertiary/aromatic N) is 1. The fraction of sp³-hybridized carbons (Fsp3) is 0.182. The molecule has 0 aliphatic rings. The molecule has 0 fully saturated rings. The third kappa shape index (κ3) is 3.54. The van der Waals surface area contributed by atoms with Crippen LogP contribution < -0.4 is 5.32 Å². The van der Waals surface area contributed by atoms with E-state index in [0.717, 1.165) is 5.56 Å². The number of amides is 1. The minimum Gasteiger partial charge on any atom is -0.351 e. The number of nitriles is 1. The van der Waals surface area contributed by atoms with E-state index in [9.17, 15) is 4.79 Å². The fourth-order valence-corrected chi connectivity index (χ4v) is 3.07. The van der Waals surface area contributed by atoms with E-state index in [1.54, 1.807) is 12.1 Å². The van der Waals surface area contributed by atoms with Crippen LogP contribution in [0, 0.1) is 18.3 Å². The van der Waals surface area contributed by atoms with Crippen molar-refractivity contribution in [2.45, 2.75) is 19.8 Å². The van der Waals surface area contributed by atoms with Crippen molar-refractivity contribution < 1.29 is 4.79 Å². The molecule has 1 atom stereocenters. The zero-order chi connectivity index (χ0) is 17.8. The minimum atomic E-state index is -0.137. The van der Waals surface area contributed by atoms with E-state index in [1.165, 1.54) is 16.3 Å². The van der Waals surface area contributed by atoms with Crippen molar-refractivity contribution in [1.29, 1.82) is 5.26 Å². The molecule has 124 valence electrons. The minimum absolute atomic E-state index is 0.137. The van der Waals surface area contributed by atoms with Gasteiger partial charge in [0.25, 0.3) is 5.91 Å². The Kier molecular flexibility index (Phi) is 4.81. The molecule has 0 saturated carbocycles. The van der Waals surface area contributed by atoms with Crippen molar-refractivity contribution in [3.05, 3.63) is 82.9 Å². The van der Waals surface area contributed by atoms with Gasteiger partial charge in [-0.05, 0) is 46.9 Å². The average Bonchev–Trinajstić information content (AvgIpc) is 2.65. The van der Waals surface area contributed by atoms with Crippen molar-refractivity contribution in [2.24, 2.45) is 0 Å². The molecule has 0 aromatic heterocycles. The molecule has 0 aliphatic carbocycles. The second-order valence-electron chi connectivity index (χ2n) is 6.32. The van der Waals surface area contributed by atoms with E-state index in [0.29, 0.717) is 17.7 Å². The van der Waals surface area contributed by atoms with Gasteiger partial charge in [-0.15, -0.1) is 0 Å². The van der Waals surface area contributed by atoms with Crippen LogP contribution in [0.1, 0.15) is 39.9 Å². The molecule has 3 aromatic carbocycles. The van der Waals surface area contributed by atoms with Crippen molar-refractivity contribution in [3.8, 4) is 6.07 Å². The van der Waals surface area contributed by atoms with E-state index in [-0.39, 0.29) is 11.8 Å². The van der Waals surface area contributed by atoms with Crippen molar-refractivity contribution in [2.75, 3.05) is 6.54 Å². The van der Waals surface area contributed by atoms with E-state index in [2.05, 4.69) is 48.6 Å². The number of rotatable bonds is 4. The molecular formula is C22H20N2O. The van der Waals surface area contributed by atoms with Crippen LogP contribution in [-0.4, -0.2) is 12.5 Å². The summed E-state index contributed by atoms with van der Waals surface area (Å²) in [7, 11) is 0. The van der Waals surface area contributed by atoms with Gasteiger partial charge in [0.2, 0.25) is 0 Å². The lowest BCUT2D eigenvalue weighted by Crippen LogP contribution is -2.28. The Labute approximate surface area is 147 Å². The van der Waals surface area contributed by atoms with Crippen LogP contribution in [0.2, 0.25) is 0 Å². The Morgan fingerprint density at radius 1 is 1.12 bits per heavy atom. The number of aryl methyl sites for hydroxylation is 1. The molecule has 3 nitrogen and oxygen atoms in total. The second kappa shape index (κ2) is 7.19. The number of hydrogen-bond acceptors (Lipinski definition) is 2. The van der Waals surface area contributed by atoms with Crippen LogP contribution in [0.4, 0.5) is 0 Å². The molecule has 0 heterocycles. The van der Waals surface area contributed by atoms with Crippen molar-refractivity contribution in [3.63, 3.8) is 0 Å². The molecule has 0 radical (unpaired) electrons. The first-order chi connectivity index (χ1) is 12.1. The van der Waals surface area contributed by atoms with Gasteiger partial charge < -0.3 is 5.32 Å². The van der Waals surface area contributed by atoms with Gasteiger partial charge in [-0.1, -0.05) is 55.5 Å². The van der Waals surface area contributed by atoms with E-state index in [4.69, 9.17) is 5.26 Å². The normalized spacial score (nSPS) is 11.7. The first-order valence-electron chi connectivity index (χ1n) is 8.36. The van der Waals surface area contributed by atoms with Crippen LogP contribution in [-0.2, 0) is 0 Å². The maximum Gasteiger partial charge on any atom is 0.251 e. The van der Waals surface area contributed by atoms with Crippen LogP contribution in [0.25, 0.3) is 10.8 Å². The zero-order valence-corrected chi connectivity index (χ0v) is 14.4. The van der Waals surface area contributed by atoms with Crippen molar-refractivity contribution >= 4 is 16.7 Å². The number of carbonyl (C=O) groups excluding carboxylic acids is 1. The lowest BCUT2D eigenvalue weighted by molar-refractivity contribution is 0.0951. The molecule has 25 heavy (non-hydrogen) atoms. The predicted molar refractivity (Wildman–Crippen MR) is 101 cm³/mol. The third-order valence-electron chi connectivity index (χ3n) is 4.53. The first kappa shape index (κ1) is 16.7. The number of carbonyl (C=O) groups is 1. The molecule has 0 saturated heterocycles. The Morgan fingerprint density at radius 2 is 1.88 bits per heavy atom. The lowest BCUT2D eigenvalue weighted by Gasteiger charge is -2.16.